The van der Waals surface area contributed by atoms with Crippen LogP contribution in [0.5, 0.6) is 0 Å². The van der Waals surface area contributed by atoms with Crippen LogP contribution < -0.4 is 16.0 Å². The molecule has 0 atom stereocenters. The first kappa shape index (κ1) is 11.9. The Kier molecular flexibility index (Phi) is 5.40. The highest BCUT2D eigenvalue weighted by molar-refractivity contribution is 4.56. The summed E-state index contributed by atoms with van der Waals surface area (Å²) in [7, 11) is 4.60. The summed E-state index contributed by atoms with van der Waals surface area (Å²) >= 11 is 0. The van der Waals surface area contributed by atoms with Crippen LogP contribution >= 0.6 is 0 Å². The third kappa shape index (κ3) is 5.54. The molecule has 1 fully saturated rings. The van der Waals surface area contributed by atoms with Crippen molar-refractivity contribution in [2.45, 2.75) is 0 Å². The second-order valence-corrected chi connectivity index (χ2v) is 4.63. The Morgan fingerprint density at radius 1 is 0.643 bits per heavy atom. The molecule has 84 valence electrons. The molecule has 0 aromatic rings. The largest absolute Gasteiger partial charge is 0.326 e. The van der Waals surface area contributed by atoms with Gasteiger partial charge in [0.15, 0.2) is 0 Å². The zero-order chi connectivity index (χ0) is 10.3. The minimum atomic E-state index is 1.08. The van der Waals surface area contributed by atoms with Gasteiger partial charge in [-0.1, -0.05) is 0 Å². The van der Waals surface area contributed by atoms with Gasteiger partial charge in [-0.3, -0.25) is 0 Å². The van der Waals surface area contributed by atoms with E-state index in [1.165, 1.54) is 13.1 Å². The maximum absolute atomic E-state index is 3.46. The van der Waals surface area contributed by atoms with Gasteiger partial charge in [-0.15, -0.1) is 0 Å². The molecule has 0 bridgehead atoms. The highest BCUT2D eigenvalue weighted by Crippen LogP contribution is 1.93. The lowest BCUT2D eigenvalue weighted by molar-refractivity contribution is -0.888. The van der Waals surface area contributed by atoms with Crippen molar-refractivity contribution < 1.29 is 4.48 Å². The van der Waals surface area contributed by atoms with Crippen molar-refractivity contribution in [1.82, 2.24) is 16.0 Å². The Morgan fingerprint density at radius 3 is 1.43 bits per heavy atom. The second kappa shape index (κ2) is 6.35. The molecule has 1 aliphatic heterocycles. The number of quaternary nitrogens is 1. The molecule has 0 radical (unpaired) electrons. The lowest BCUT2D eigenvalue weighted by Gasteiger charge is -2.30. The summed E-state index contributed by atoms with van der Waals surface area (Å²) in [6.07, 6.45) is 0. The SMILES string of the molecule is C[N+]1(C)CCNCCNCCNCC1. The third-order valence-electron chi connectivity index (χ3n) is 2.74. The quantitative estimate of drug-likeness (QED) is 0.433. The van der Waals surface area contributed by atoms with Crippen LogP contribution in [0.15, 0.2) is 0 Å². The number of rotatable bonds is 0. The van der Waals surface area contributed by atoms with Crippen LogP contribution in [0.3, 0.4) is 0 Å². The molecule has 14 heavy (non-hydrogen) atoms. The van der Waals surface area contributed by atoms with Crippen LogP contribution in [0, 0.1) is 0 Å². The molecule has 0 saturated carbocycles. The van der Waals surface area contributed by atoms with Crippen LogP contribution in [-0.2, 0) is 0 Å². The highest BCUT2D eigenvalue weighted by Gasteiger charge is 2.13. The summed E-state index contributed by atoms with van der Waals surface area (Å²) in [6.45, 7) is 8.98. The van der Waals surface area contributed by atoms with Crippen molar-refractivity contribution in [1.29, 1.82) is 0 Å². The van der Waals surface area contributed by atoms with Gasteiger partial charge in [0.25, 0.3) is 0 Å². The Morgan fingerprint density at radius 2 is 1.00 bits per heavy atom. The van der Waals surface area contributed by atoms with Crippen molar-refractivity contribution >= 4 is 0 Å². The van der Waals surface area contributed by atoms with Crippen LogP contribution in [0.4, 0.5) is 0 Å². The van der Waals surface area contributed by atoms with Crippen molar-refractivity contribution in [3.05, 3.63) is 0 Å². The van der Waals surface area contributed by atoms with E-state index in [1.54, 1.807) is 0 Å². The molecular weight excluding hydrogens is 176 g/mol. The summed E-state index contributed by atoms with van der Waals surface area (Å²) in [5.74, 6) is 0. The molecule has 3 N–H and O–H groups in total. The Balaban J connectivity index is 2.24. The summed E-state index contributed by atoms with van der Waals surface area (Å²) in [6, 6.07) is 0. The van der Waals surface area contributed by atoms with E-state index in [1.807, 2.05) is 0 Å². The zero-order valence-electron chi connectivity index (χ0n) is 9.60. The molecule has 1 rings (SSSR count). The molecule has 0 aromatic heterocycles. The van der Waals surface area contributed by atoms with E-state index < -0.39 is 0 Å². The number of hydrogen-bond acceptors (Lipinski definition) is 3. The topological polar surface area (TPSA) is 36.1 Å². The highest BCUT2D eigenvalue weighted by atomic mass is 15.3. The maximum atomic E-state index is 3.46. The van der Waals surface area contributed by atoms with Crippen LogP contribution in [0.2, 0.25) is 0 Å². The predicted molar refractivity (Wildman–Crippen MR) is 60.5 cm³/mol. The molecule has 1 heterocycles. The van der Waals surface area contributed by atoms with Gasteiger partial charge >= 0.3 is 0 Å². The molecule has 1 saturated heterocycles. The second-order valence-electron chi connectivity index (χ2n) is 4.63. The van der Waals surface area contributed by atoms with Crippen molar-refractivity contribution in [3.8, 4) is 0 Å². The van der Waals surface area contributed by atoms with Crippen molar-refractivity contribution in [2.75, 3.05) is 66.5 Å². The van der Waals surface area contributed by atoms with Crippen LogP contribution in [-0.4, -0.2) is 70.9 Å². The molecule has 0 spiro atoms. The molecule has 0 aromatic carbocycles. The van der Waals surface area contributed by atoms with E-state index >= 15 is 0 Å². The Hall–Kier alpha value is -0.160. The number of likely N-dealkylation sites (N-methyl/N-ethyl adjacent to an activating group) is 1. The first-order valence-corrected chi connectivity index (χ1v) is 5.65. The van der Waals surface area contributed by atoms with E-state index in [-0.39, 0.29) is 0 Å². The van der Waals surface area contributed by atoms with E-state index in [0.717, 1.165) is 43.8 Å². The van der Waals surface area contributed by atoms with E-state index in [2.05, 4.69) is 30.0 Å². The fourth-order valence-corrected chi connectivity index (χ4v) is 1.60. The lowest BCUT2D eigenvalue weighted by atomic mass is 10.4. The maximum Gasteiger partial charge on any atom is 0.0909 e. The predicted octanol–water partition coefficient (Wildman–Crippen LogP) is -1.15. The molecule has 0 unspecified atom stereocenters. The summed E-state index contributed by atoms with van der Waals surface area (Å²) < 4.78 is 1.10. The monoisotopic (exact) mass is 201 g/mol. The average molecular weight is 201 g/mol. The summed E-state index contributed by atoms with van der Waals surface area (Å²) in [5, 5.41) is 10.3. The van der Waals surface area contributed by atoms with Crippen molar-refractivity contribution in [2.24, 2.45) is 0 Å². The minimum absolute atomic E-state index is 1.08. The molecule has 1 aliphatic rings. The number of nitrogens with one attached hydrogen (secondary N) is 3. The first-order valence-electron chi connectivity index (χ1n) is 5.65. The van der Waals surface area contributed by atoms with Gasteiger partial charge in [-0.25, -0.2) is 0 Å². The summed E-state index contributed by atoms with van der Waals surface area (Å²) in [5.41, 5.74) is 0. The average Bonchev–Trinajstić information content (AvgIpc) is 2.11. The molecule has 4 heteroatoms. The van der Waals surface area contributed by atoms with Crippen LogP contribution in [0.25, 0.3) is 0 Å². The van der Waals surface area contributed by atoms with Gasteiger partial charge in [0.2, 0.25) is 0 Å². The van der Waals surface area contributed by atoms with E-state index in [4.69, 9.17) is 0 Å². The molecule has 4 nitrogen and oxygen atoms in total. The van der Waals surface area contributed by atoms with E-state index in [9.17, 15) is 0 Å². The fourth-order valence-electron chi connectivity index (χ4n) is 1.60. The molecule has 0 aliphatic carbocycles. The number of hydrogen-bond donors (Lipinski definition) is 3. The normalized spacial score (nSPS) is 26.1. The minimum Gasteiger partial charge on any atom is -0.326 e. The zero-order valence-corrected chi connectivity index (χ0v) is 9.60. The number of nitrogens with zero attached hydrogens (tertiary/aromatic N) is 1. The summed E-state index contributed by atoms with van der Waals surface area (Å²) in [4.78, 5) is 0. The molecule has 0 amide bonds. The standard InChI is InChI=1S/C10H25N4/c1-14(2)9-7-12-5-3-11-4-6-13-8-10-14/h11-13H,3-10H2,1-2H3/q+1. The van der Waals surface area contributed by atoms with Gasteiger partial charge in [0, 0.05) is 39.3 Å². The Labute approximate surface area is 87.6 Å². The Bertz CT molecular complexity index is 133. The molecular formula is C10H25N4+. The van der Waals surface area contributed by atoms with Crippen molar-refractivity contribution in [3.63, 3.8) is 0 Å². The van der Waals surface area contributed by atoms with Gasteiger partial charge in [0.05, 0.1) is 27.2 Å². The third-order valence-corrected chi connectivity index (χ3v) is 2.74. The van der Waals surface area contributed by atoms with Gasteiger partial charge in [-0.2, -0.15) is 0 Å². The van der Waals surface area contributed by atoms with Gasteiger partial charge in [-0.05, 0) is 0 Å². The lowest BCUT2D eigenvalue weighted by Crippen LogP contribution is -2.49. The van der Waals surface area contributed by atoms with Gasteiger partial charge < -0.3 is 20.4 Å². The van der Waals surface area contributed by atoms with Crippen LogP contribution in [0.1, 0.15) is 0 Å². The smallest absolute Gasteiger partial charge is 0.0909 e. The van der Waals surface area contributed by atoms with Gasteiger partial charge in [0.1, 0.15) is 0 Å². The van der Waals surface area contributed by atoms with E-state index in [0.29, 0.717) is 0 Å². The fraction of sp³-hybridized carbons (Fsp3) is 1.00. The first-order chi connectivity index (χ1) is 6.71.